The van der Waals surface area contributed by atoms with Crippen LogP contribution in [0.2, 0.25) is 5.02 Å². The maximum Gasteiger partial charge on any atom is 0.242 e. The Balaban J connectivity index is 1.59. The van der Waals surface area contributed by atoms with E-state index < -0.39 is 24.8 Å². The molecule has 14 heteroatoms. The van der Waals surface area contributed by atoms with E-state index in [1.165, 1.54) is 43.1 Å². The Morgan fingerprint density at radius 3 is 2.39 bits per heavy atom. The predicted molar refractivity (Wildman–Crippen MR) is 136 cm³/mol. The van der Waals surface area contributed by atoms with Gasteiger partial charge in [0, 0.05) is 45.2 Å². The number of rotatable bonds is 6. The van der Waals surface area contributed by atoms with E-state index in [0.29, 0.717) is 42.5 Å². The molecule has 2 N–H and O–H groups in total. The lowest BCUT2D eigenvalue weighted by Gasteiger charge is -2.32. The fourth-order valence-electron chi connectivity index (χ4n) is 4.57. The first kappa shape index (κ1) is 26.7. The smallest absolute Gasteiger partial charge is 0.242 e. The molecule has 36 heavy (non-hydrogen) atoms. The van der Waals surface area contributed by atoms with Crippen LogP contribution in [0.1, 0.15) is 36.8 Å². The number of benzene rings is 1. The SMILES string of the molecule is CN(C)S(=O)(=O)C1=CCC(c2nc(C3CCN(c4ccc(Cl)cc4F)CC3)nn2C)(S(N)(=O)=O)C=C1. The van der Waals surface area contributed by atoms with Gasteiger partial charge in [-0.25, -0.2) is 35.7 Å². The second-order valence-corrected chi connectivity index (χ2v) is 13.5. The summed E-state index contributed by atoms with van der Waals surface area (Å²) in [5.74, 6) is 0.125. The van der Waals surface area contributed by atoms with Crippen molar-refractivity contribution in [2.75, 3.05) is 32.1 Å². The summed E-state index contributed by atoms with van der Waals surface area (Å²) in [6.07, 6.45) is 4.93. The molecule has 10 nitrogen and oxygen atoms in total. The molecule has 1 fully saturated rings. The summed E-state index contributed by atoms with van der Waals surface area (Å²) in [5.41, 5.74) is 0.475. The lowest BCUT2D eigenvalue weighted by Crippen LogP contribution is -2.42. The first-order chi connectivity index (χ1) is 16.8. The number of allylic oxidation sites excluding steroid dienone is 2. The minimum Gasteiger partial charge on any atom is -0.369 e. The zero-order chi connectivity index (χ0) is 26.5. The Bertz CT molecular complexity index is 1450. The van der Waals surface area contributed by atoms with Gasteiger partial charge in [0.15, 0.2) is 16.4 Å². The molecular formula is C22H28ClFN6O4S2. The van der Waals surface area contributed by atoms with Crippen molar-refractivity contribution in [1.29, 1.82) is 0 Å². The van der Waals surface area contributed by atoms with Gasteiger partial charge >= 0.3 is 0 Å². The number of aryl methyl sites for hydroxylation is 1. The van der Waals surface area contributed by atoms with E-state index in [9.17, 15) is 21.2 Å². The van der Waals surface area contributed by atoms with Gasteiger partial charge in [0.05, 0.1) is 10.6 Å². The van der Waals surface area contributed by atoms with Gasteiger partial charge in [-0.1, -0.05) is 23.8 Å². The summed E-state index contributed by atoms with van der Waals surface area (Å²) in [5, 5.41) is 10.5. The Hall–Kier alpha value is -2.32. The fourth-order valence-corrected chi connectivity index (χ4v) is 6.69. The molecule has 4 rings (SSSR count). The van der Waals surface area contributed by atoms with Crippen LogP contribution in [0.25, 0.3) is 0 Å². The summed E-state index contributed by atoms with van der Waals surface area (Å²) in [6, 6.07) is 4.58. The third-order valence-corrected chi connectivity index (χ3v) is 10.3. The molecule has 2 aromatic rings. The summed E-state index contributed by atoms with van der Waals surface area (Å²) in [7, 11) is -3.61. The molecule has 1 unspecified atom stereocenters. The highest BCUT2D eigenvalue weighted by Gasteiger charge is 2.47. The highest BCUT2D eigenvalue weighted by molar-refractivity contribution is 7.93. The molecule has 0 saturated carbocycles. The second kappa shape index (κ2) is 9.53. The van der Waals surface area contributed by atoms with E-state index >= 15 is 0 Å². The monoisotopic (exact) mass is 558 g/mol. The van der Waals surface area contributed by atoms with Gasteiger partial charge in [-0.2, -0.15) is 5.10 Å². The van der Waals surface area contributed by atoms with Crippen molar-refractivity contribution in [3.8, 4) is 0 Å². The quantitative estimate of drug-likeness (QED) is 0.575. The molecule has 2 aliphatic rings. The largest absolute Gasteiger partial charge is 0.369 e. The van der Waals surface area contributed by atoms with Gasteiger partial charge < -0.3 is 4.90 Å². The number of primary sulfonamides is 1. The van der Waals surface area contributed by atoms with Crippen LogP contribution in [0.4, 0.5) is 10.1 Å². The Labute approximate surface area is 215 Å². The lowest BCUT2D eigenvalue weighted by atomic mass is 9.95. The number of nitrogens with two attached hydrogens (primary N) is 1. The van der Waals surface area contributed by atoms with Gasteiger partial charge in [-0.15, -0.1) is 0 Å². The molecule has 2 heterocycles. The molecule has 1 aliphatic heterocycles. The molecule has 196 valence electrons. The number of piperidine rings is 1. The second-order valence-electron chi connectivity index (χ2n) is 9.14. The van der Waals surface area contributed by atoms with Crippen LogP contribution >= 0.6 is 11.6 Å². The van der Waals surface area contributed by atoms with E-state index in [1.54, 1.807) is 19.2 Å². The summed E-state index contributed by atoms with van der Waals surface area (Å²) in [4.78, 5) is 6.50. The molecule has 1 aromatic carbocycles. The van der Waals surface area contributed by atoms with E-state index in [1.807, 2.05) is 4.90 Å². The number of anilines is 1. The third-order valence-electron chi connectivity index (χ3n) is 6.68. The van der Waals surface area contributed by atoms with Crippen LogP contribution in [-0.4, -0.2) is 63.1 Å². The van der Waals surface area contributed by atoms with Crippen molar-refractivity contribution in [2.24, 2.45) is 12.2 Å². The maximum absolute atomic E-state index is 14.3. The van der Waals surface area contributed by atoms with Gasteiger partial charge in [0.25, 0.3) is 0 Å². The minimum absolute atomic E-state index is 0.0176. The average Bonchev–Trinajstić information content (AvgIpc) is 3.20. The standard InChI is InChI=1S/C22H28ClFN6O4S2/c1-28(2)35(31,32)17-6-10-22(11-7-17,36(25,33)34)21-26-20(27-29(21)3)15-8-12-30(13-9-15)19-5-4-16(23)14-18(19)24/h4-7,10,14-15H,8-9,11-13H2,1-3H3,(H2,25,33,34). The van der Waals surface area contributed by atoms with Crippen LogP contribution in [-0.2, 0) is 31.8 Å². The summed E-state index contributed by atoms with van der Waals surface area (Å²) >= 11 is 5.86. The zero-order valence-electron chi connectivity index (χ0n) is 20.1. The highest BCUT2D eigenvalue weighted by atomic mass is 35.5. The van der Waals surface area contributed by atoms with Crippen molar-refractivity contribution in [3.05, 3.63) is 63.8 Å². The van der Waals surface area contributed by atoms with Crippen LogP contribution in [0, 0.1) is 5.82 Å². The number of sulfonamides is 2. The van der Waals surface area contributed by atoms with Crippen LogP contribution < -0.4 is 10.0 Å². The van der Waals surface area contributed by atoms with E-state index in [4.69, 9.17) is 16.7 Å². The van der Waals surface area contributed by atoms with Gasteiger partial charge in [-0.3, -0.25) is 4.68 Å². The normalized spacial score (nSPS) is 21.8. The van der Waals surface area contributed by atoms with Crippen molar-refractivity contribution in [1.82, 2.24) is 19.1 Å². The highest BCUT2D eigenvalue weighted by Crippen LogP contribution is 2.39. The summed E-state index contributed by atoms with van der Waals surface area (Å²) in [6.45, 7) is 1.12. The lowest BCUT2D eigenvalue weighted by molar-refractivity contribution is 0.477. The molecule has 0 radical (unpaired) electrons. The number of halogens is 2. The maximum atomic E-state index is 14.3. The zero-order valence-corrected chi connectivity index (χ0v) is 22.5. The summed E-state index contributed by atoms with van der Waals surface area (Å²) < 4.78 is 65.6. The topological polar surface area (TPSA) is 131 Å². The minimum atomic E-state index is -4.25. The number of hydrogen-bond acceptors (Lipinski definition) is 7. The van der Waals surface area contributed by atoms with Gasteiger partial charge in [0.1, 0.15) is 5.82 Å². The van der Waals surface area contributed by atoms with Crippen molar-refractivity contribution < 1.29 is 21.2 Å². The first-order valence-electron chi connectivity index (χ1n) is 11.2. The predicted octanol–water partition coefficient (Wildman–Crippen LogP) is 2.21. The van der Waals surface area contributed by atoms with E-state index in [0.717, 1.165) is 4.31 Å². The first-order valence-corrected chi connectivity index (χ1v) is 14.6. The Morgan fingerprint density at radius 1 is 1.19 bits per heavy atom. The third kappa shape index (κ3) is 4.70. The fraction of sp³-hybridized carbons (Fsp3) is 0.455. The van der Waals surface area contributed by atoms with Gasteiger partial charge in [0.2, 0.25) is 20.0 Å². The average molecular weight is 559 g/mol. The molecule has 0 bridgehead atoms. The van der Waals surface area contributed by atoms with Crippen molar-refractivity contribution >= 4 is 37.3 Å². The number of aromatic nitrogens is 3. The molecule has 1 aliphatic carbocycles. The van der Waals surface area contributed by atoms with E-state index in [-0.39, 0.29) is 28.9 Å². The molecule has 1 atom stereocenters. The Kier molecular flexibility index (Phi) is 7.07. The van der Waals surface area contributed by atoms with Crippen molar-refractivity contribution in [2.45, 2.75) is 29.9 Å². The molecule has 0 amide bonds. The van der Waals surface area contributed by atoms with Crippen LogP contribution in [0.5, 0.6) is 0 Å². The molecular weight excluding hydrogens is 531 g/mol. The van der Waals surface area contributed by atoms with Crippen molar-refractivity contribution in [3.63, 3.8) is 0 Å². The molecule has 0 spiro atoms. The van der Waals surface area contributed by atoms with Crippen LogP contribution in [0.15, 0.2) is 41.3 Å². The molecule has 1 aromatic heterocycles. The molecule has 1 saturated heterocycles. The Morgan fingerprint density at radius 2 is 1.86 bits per heavy atom. The number of nitrogens with zero attached hydrogens (tertiary/aromatic N) is 5. The van der Waals surface area contributed by atoms with Gasteiger partial charge in [-0.05, 0) is 43.5 Å². The van der Waals surface area contributed by atoms with Crippen LogP contribution in [0.3, 0.4) is 0 Å². The van der Waals surface area contributed by atoms with E-state index in [2.05, 4.69) is 10.1 Å². The number of hydrogen-bond donors (Lipinski definition) is 1.